The molecule has 1 amide bonds. The standard InChI is InChI=1S/C10H8BrN3OS/c1-6-12-10(16-14-6)13-9(15)7-4-2-3-5-8(7)11/h2-5H,1H3,(H,12,13,14,15). The minimum Gasteiger partial charge on any atom is -0.297 e. The van der Waals surface area contributed by atoms with Gasteiger partial charge in [-0.15, -0.1) is 0 Å². The molecule has 1 aromatic heterocycles. The van der Waals surface area contributed by atoms with Crippen molar-refractivity contribution in [1.82, 2.24) is 9.36 Å². The average Bonchev–Trinajstić information content (AvgIpc) is 2.64. The van der Waals surface area contributed by atoms with Crippen molar-refractivity contribution in [3.05, 3.63) is 40.1 Å². The van der Waals surface area contributed by atoms with Crippen molar-refractivity contribution < 1.29 is 4.79 Å². The van der Waals surface area contributed by atoms with E-state index < -0.39 is 0 Å². The Balaban J connectivity index is 2.18. The molecule has 0 aliphatic rings. The zero-order valence-corrected chi connectivity index (χ0v) is 10.8. The lowest BCUT2D eigenvalue weighted by molar-refractivity contribution is 0.102. The summed E-state index contributed by atoms with van der Waals surface area (Å²) in [5.41, 5.74) is 0.579. The van der Waals surface area contributed by atoms with Crippen LogP contribution in [0.15, 0.2) is 28.7 Å². The maximum absolute atomic E-state index is 11.8. The molecule has 6 heteroatoms. The van der Waals surface area contributed by atoms with E-state index in [2.05, 4.69) is 30.6 Å². The normalized spacial score (nSPS) is 10.1. The summed E-state index contributed by atoms with van der Waals surface area (Å²) in [6.07, 6.45) is 0. The molecular formula is C10H8BrN3OS. The van der Waals surface area contributed by atoms with Gasteiger partial charge in [0.2, 0.25) is 5.13 Å². The van der Waals surface area contributed by atoms with Gasteiger partial charge in [0.1, 0.15) is 5.82 Å². The van der Waals surface area contributed by atoms with Gasteiger partial charge in [0, 0.05) is 16.0 Å². The number of benzene rings is 1. The SMILES string of the molecule is Cc1nsc(NC(=O)c2ccccc2Br)n1. The quantitative estimate of drug-likeness (QED) is 0.927. The molecule has 0 unspecified atom stereocenters. The molecule has 1 N–H and O–H groups in total. The molecule has 0 aliphatic carbocycles. The Bertz CT molecular complexity index is 526. The first-order valence-corrected chi connectivity index (χ1v) is 6.09. The smallest absolute Gasteiger partial charge is 0.258 e. The van der Waals surface area contributed by atoms with Crippen LogP contribution in [0.2, 0.25) is 0 Å². The second kappa shape index (κ2) is 4.71. The Morgan fingerprint density at radius 1 is 1.44 bits per heavy atom. The van der Waals surface area contributed by atoms with E-state index in [4.69, 9.17) is 0 Å². The zero-order valence-electron chi connectivity index (χ0n) is 8.40. The van der Waals surface area contributed by atoms with Gasteiger partial charge in [0.25, 0.3) is 5.91 Å². The molecule has 0 atom stereocenters. The average molecular weight is 298 g/mol. The minimum atomic E-state index is -0.191. The second-order valence-corrected chi connectivity index (χ2v) is 4.69. The summed E-state index contributed by atoms with van der Waals surface area (Å²) in [5, 5.41) is 3.21. The number of rotatable bonds is 2. The summed E-state index contributed by atoms with van der Waals surface area (Å²) in [6, 6.07) is 7.23. The predicted molar refractivity (Wildman–Crippen MR) is 66.7 cm³/mol. The highest BCUT2D eigenvalue weighted by Gasteiger charge is 2.11. The van der Waals surface area contributed by atoms with Gasteiger partial charge in [-0.1, -0.05) is 12.1 Å². The van der Waals surface area contributed by atoms with Gasteiger partial charge in [-0.2, -0.15) is 4.37 Å². The molecule has 0 fully saturated rings. The van der Waals surface area contributed by atoms with Gasteiger partial charge in [-0.25, -0.2) is 4.98 Å². The number of hydrogen-bond acceptors (Lipinski definition) is 4. The van der Waals surface area contributed by atoms with Crippen LogP contribution in [-0.4, -0.2) is 15.3 Å². The number of halogens is 1. The summed E-state index contributed by atoms with van der Waals surface area (Å²) in [5.74, 6) is 0.469. The molecule has 2 rings (SSSR count). The van der Waals surface area contributed by atoms with Gasteiger partial charge in [0.05, 0.1) is 5.56 Å². The summed E-state index contributed by atoms with van der Waals surface area (Å²) >= 11 is 4.49. The van der Waals surface area contributed by atoms with E-state index in [9.17, 15) is 4.79 Å². The second-order valence-electron chi connectivity index (χ2n) is 3.08. The molecule has 0 radical (unpaired) electrons. The van der Waals surface area contributed by atoms with E-state index >= 15 is 0 Å². The van der Waals surface area contributed by atoms with Crippen LogP contribution in [0, 0.1) is 6.92 Å². The van der Waals surface area contributed by atoms with Crippen LogP contribution in [0.25, 0.3) is 0 Å². The number of carbonyl (C=O) groups excluding carboxylic acids is 1. The van der Waals surface area contributed by atoms with Crippen LogP contribution in [-0.2, 0) is 0 Å². The Morgan fingerprint density at radius 2 is 2.19 bits per heavy atom. The Labute approximate surface area is 105 Å². The van der Waals surface area contributed by atoms with Gasteiger partial charge in [0.15, 0.2) is 0 Å². The molecule has 2 aromatic rings. The number of nitrogens with one attached hydrogen (secondary N) is 1. The molecule has 0 spiro atoms. The van der Waals surface area contributed by atoms with Crippen LogP contribution in [0.5, 0.6) is 0 Å². The van der Waals surface area contributed by atoms with Crippen molar-refractivity contribution in [3.63, 3.8) is 0 Å². The molecule has 0 saturated heterocycles. The molecule has 0 saturated carbocycles. The third-order valence-corrected chi connectivity index (χ3v) is 3.28. The number of carbonyl (C=O) groups is 1. The molecule has 16 heavy (non-hydrogen) atoms. The highest BCUT2D eigenvalue weighted by atomic mass is 79.9. The number of aromatic nitrogens is 2. The van der Waals surface area contributed by atoms with Crippen molar-refractivity contribution in [3.8, 4) is 0 Å². The lowest BCUT2D eigenvalue weighted by Gasteiger charge is -2.02. The van der Waals surface area contributed by atoms with E-state index in [0.717, 1.165) is 4.47 Å². The topological polar surface area (TPSA) is 54.9 Å². The van der Waals surface area contributed by atoms with Crippen LogP contribution in [0.3, 0.4) is 0 Å². The molecule has 1 aromatic carbocycles. The Hall–Kier alpha value is -1.27. The maximum Gasteiger partial charge on any atom is 0.258 e. The monoisotopic (exact) mass is 297 g/mol. The number of nitrogens with zero attached hydrogens (tertiary/aromatic N) is 2. The fraction of sp³-hybridized carbons (Fsp3) is 0.100. The number of amides is 1. The highest BCUT2D eigenvalue weighted by Crippen LogP contribution is 2.18. The molecule has 0 bridgehead atoms. The number of hydrogen-bond donors (Lipinski definition) is 1. The van der Waals surface area contributed by atoms with Gasteiger partial charge in [-0.05, 0) is 35.0 Å². The van der Waals surface area contributed by atoms with Crippen LogP contribution in [0.1, 0.15) is 16.2 Å². The van der Waals surface area contributed by atoms with E-state index in [1.54, 1.807) is 13.0 Å². The predicted octanol–water partition coefficient (Wildman–Crippen LogP) is 2.86. The van der Waals surface area contributed by atoms with Crippen LogP contribution >= 0.6 is 27.5 Å². The third-order valence-electron chi connectivity index (χ3n) is 1.87. The van der Waals surface area contributed by atoms with E-state index in [-0.39, 0.29) is 5.91 Å². The van der Waals surface area contributed by atoms with E-state index in [1.165, 1.54) is 11.5 Å². The molecule has 82 valence electrons. The summed E-state index contributed by atoms with van der Waals surface area (Å²) < 4.78 is 4.75. The molecule has 4 nitrogen and oxygen atoms in total. The van der Waals surface area contributed by atoms with Gasteiger partial charge < -0.3 is 0 Å². The maximum atomic E-state index is 11.8. The fourth-order valence-electron chi connectivity index (χ4n) is 1.16. The summed E-state index contributed by atoms with van der Waals surface area (Å²) in [7, 11) is 0. The Morgan fingerprint density at radius 3 is 2.81 bits per heavy atom. The molecular weight excluding hydrogens is 290 g/mol. The summed E-state index contributed by atoms with van der Waals surface area (Å²) in [4.78, 5) is 15.9. The van der Waals surface area contributed by atoms with Crippen LogP contribution in [0.4, 0.5) is 5.13 Å². The highest BCUT2D eigenvalue weighted by molar-refractivity contribution is 9.10. The minimum absolute atomic E-state index is 0.191. The molecule has 1 heterocycles. The number of anilines is 1. The first-order chi connectivity index (χ1) is 7.66. The lowest BCUT2D eigenvalue weighted by Crippen LogP contribution is -2.12. The van der Waals surface area contributed by atoms with E-state index in [1.807, 2.05) is 18.2 Å². The molecule has 0 aliphatic heterocycles. The van der Waals surface area contributed by atoms with Crippen molar-refractivity contribution in [2.24, 2.45) is 0 Å². The van der Waals surface area contributed by atoms with Crippen LogP contribution < -0.4 is 5.32 Å². The van der Waals surface area contributed by atoms with Crippen molar-refractivity contribution >= 4 is 38.5 Å². The van der Waals surface area contributed by atoms with Gasteiger partial charge >= 0.3 is 0 Å². The van der Waals surface area contributed by atoms with Gasteiger partial charge in [-0.3, -0.25) is 10.1 Å². The van der Waals surface area contributed by atoms with E-state index in [0.29, 0.717) is 16.5 Å². The lowest BCUT2D eigenvalue weighted by atomic mass is 10.2. The summed E-state index contributed by atoms with van der Waals surface area (Å²) in [6.45, 7) is 1.78. The third kappa shape index (κ3) is 2.45. The number of aryl methyl sites for hydroxylation is 1. The van der Waals surface area contributed by atoms with Crippen molar-refractivity contribution in [2.45, 2.75) is 6.92 Å². The zero-order chi connectivity index (χ0) is 11.5. The Kier molecular flexibility index (Phi) is 3.31. The van der Waals surface area contributed by atoms with Crippen molar-refractivity contribution in [1.29, 1.82) is 0 Å². The first-order valence-electron chi connectivity index (χ1n) is 4.53. The largest absolute Gasteiger partial charge is 0.297 e. The first kappa shape index (κ1) is 11.2. The fourth-order valence-corrected chi connectivity index (χ4v) is 2.19. The van der Waals surface area contributed by atoms with Crippen molar-refractivity contribution in [2.75, 3.05) is 5.32 Å².